The van der Waals surface area contributed by atoms with E-state index in [4.69, 9.17) is 4.74 Å². The van der Waals surface area contributed by atoms with Crippen LogP contribution in [0.2, 0.25) is 0 Å². The Labute approximate surface area is 168 Å². The van der Waals surface area contributed by atoms with Crippen LogP contribution in [0.15, 0.2) is 84.0 Å². The zero-order valence-corrected chi connectivity index (χ0v) is 16.2. The van der Waals surface area contributed by atoms with E-state index in [1.807, 2.05) is 48.5 Å². The lowest BCUT2D eigenvalue weighted by molar-refractivity contribution is -0.115. The van der Waals surface area contributed by atoms with Crippen molar-refractivity contribution >= 4 is 29.3 Å². The van der Waals surface area contributed by atoms with E-state index in [1.54, 1.807) is 37.4 Å². The quantitative estimate of drug-likeness (QED) is 0.465. The second-order valence-electron chi connectivity index (χ2n) is 5.86. The van der Waals surface area contributed by atoms with Gasteiger partial charge in [0.05, 0.1) is 17.2 Å². The lowest BCUT2D eigenvalue weighted by Crippen LogP contribution is -2.19. The van der Waals surface area contributed by atoms with Crippen LogP contribution in [0.25, 0.3) is 0 Å². The summed E-state index contributed by atoms with van der Waals surface area (Å²) in [6.07, 6.45) is 1.70. The molecule has 2 aromatic carbocycles. The number of nitrogens with one attached hydrogen (secondary N) is 1. The van der Waals surface area contributed by atoms with Crippen molar-refractivity contribution in [1.29, 1.82) is 0 Å². The highest BCUT2D eigenvalue weighted by Gasteiger charge is 2.22. The molecule has 1 amide bonds. The number of amides is 1. The number of esters is 1. The molecule has 3 aromatic rings. The van der Waals surface area contributed by atoms with Gasteiger partial charge in [0, 0.05) is 11.9 Å². The van der Waals surface area contributed by atoms with Gasteiger partial charge in [0.15, 0.2) is 0 Å². The number of aromatic nitrogens is 1. The number of rotatable bonds is 7. The molecule has 142 valence electrons. The van der Waals surface area contributed by atoms with E-state index in [0.29, 0.717) is 17.9 Å². The van der Waals surface area contributed by atoms with E-state index in [1.165, 1.54) is 11.8 Å². The van der Waals surface area contributed by atoms with Gasteiger partial charge >= 0.3 is 5.97 Å². The Morgan fingerprint density at radius 3 is 2.36 bits per heavy atom. The molecular weight excluding hydrogens is 372 g/mol. The number of benzene rings is 2. The Kier molecular flexibility index (Phi) is 6.81. The van der Waals surface area contributed by atoms with Gasteiger partial charge in [-0.15, -0.1) is 0 Å². The maximum Gasteiger partial charge on any atom is 0.338 e. The van der Waals surface area contributed by atoms with Crippen LogP contribution >= 0.6 is 11.8 Å². The number of ether oxygens (including phenoxy) is 1. The molecule has 0 bridgehead atoms. The van der Waals surface area contributed by atoms with Crippen LogP contribution in [0.5, 0.6) is 0 Å². The predicted octanol–water partition coefficient (Wildman–Crippen LogP) is 4.73. The third kappa shape index (κ3) is 5.20. The van der Waals surface area contributed by atoms with Crippen LogP contribution in [0.4, 0.5) is 5.69 Å². The van der Waals surface area contributed by atoms with Crippen molar-refractivity contribution in [3.63, 3.8) is 0 Å². The second kappa shape index (κ2) is 9.71. The standard InChI is InChI=1S/C22H20N2O3S/c1-2-27-22(26)17-11-13-18(14-12-17)24-21(25)20(16-8-4-3-5-9-16)28-19-10-6-7-15-23-19/h3-15,20H,2H2,1H3,(H,24,25)/t20-/m1/s1. The van der Waals surface area contributed by atoms with Crippen LogP contribution in [0.3, 0.4) is 0 Å². The fourth-order valence-corrected chi connectivity index (χ4v) is 3.53. The SMILES string of the molecule is CCOC(=O)c1ccc(NC(=O)[C@H](Sc2ccccn2)c2ccccc2)cc1. The largest absolute Gasteiger partial charge is 0.462 e. The van der Waals surface area contributed by atoms with E-state index in [2.05, 4.69) is 10.3 Å². The molecule has 0 saturated heterocycles. The zero-order valence-electron chi connectivity index (χ0n) is 15.4. The zero-order chi connectivity index (χ0) is 19.8. The van der Waals surface area contributed by atoms with Gasteiger partial charge in [0.2, 0.25) is 5.91 Å². The van der Waals surface area contributed by atoms with Crippen molar-refractivity contribution in [2.24, 2.45) is 0 Å². The summed E-state index contributed by atoms with van der Waals surface area (Å²) < 4.78 is 4.97. The molecule has 1 N–H and O–H groups in total. The average Bonchev–Trinajstić information content (AvgIpc) is 2.74. The molecule has 1 heterocycles. The molecule has 3 rings (SSSR count). The first-order chi connectivity index (χ1) is 13.7. The Balaban J connectivity index is 1.77. The number of hydrogen-bond donors (Lipinski definition) is 1. The molecule has 0 fully saturated rings. The van der Waals surface area contributed by atoms with Gasteiger partial charge in [0.1, 0.15) is 5.25 Å². The highest BCUT2D eigenvalue weighted by molar-refractivity contribution is 8.00. The second-order valence-corrected chi connectivity index (χ2v) is 6.99. The topological polar surface area (TPSA) is 68.3 Å². The molecule has 6 heteroatoms. The summed E-state index contributed by atoms with van der Waals surface area (Å²) in [5.74, 6) is -0.543. The van der Waals surface area contributed by atoms with Crippen molar-refractivity contribution in [2.75, 3.05) is 11.9 Å². The Bertz CT molecular complexity index is 916. The molecule has 1 atom stereocenters. The van der Waals surface area contributed by atoms with Gasteiger partial charge in [-0.1, -0.05) is 48.2 Å². The number of carbonyl (C=O) groups excluding carboxylic acids is 2. The lowest BCUT2D eigenvalue weighted by atomic mass is 10.1. The fourth-order valence-electron chi connectivity index (χ4n) is 2.55. The minimum absolute atomic E-state index is 0.161. The first-order valence-electron chi connectivity index (χ1n) is 8.88. The summed E-state index contributed by atoms with van der Waals surface area (Å²) in [7, 11) is 0. The summed E-state index contributed by atoms with van der Waals surface area (Å²) in [5.41, 5.74) is 1.95. The smallest absolute Gasteiger partial charge is 0.338 e. The maximum absolute atomic E-state index is 13.0. The van der Waals surface area contributed by atoms with Crippen LogP contribution in [0, 0.1) is 0 Å². The Morgan fingerprint density at radius 2 is 1.71 bits per heavy atom. The lowest BCUT2D eigenvalue weighted by Gasteiger charge is -2.16. The molecule has 0 saturated carbocycles. The fraction of sp³-hybridized carbons (Fsp3) is 0.136. The molecule has 0 aliphatic rings. The Morgan fingerprint density at radius 1 is 1.00 bits per heavy atom. The number of nitrogens with zero attached hydrogens (tertiary/aromatic N) is 1. The monoisotopic (exact) mass is 392 g/mol. The van der Waals surface area contributed by atoms with Gasteiger partial charge in [-0.3, -0.25) is 4.79 Å². The first kappa shape index (κ1) is 19.6. The van der Waals surface area contributed by atoms with Crippen molar-refractivity contribution in [1.82, 2.24) is 4.98 Å². The summed E-state index contributed by atoms with van der Waals surface area (Å²) in [5, 5.41) is 3.23. The summed E-state index contributed by atoms with van der Waals surface area (Å²) in [6.45, 7) is 2.08. The van der Waals surface area contributed by atoms with Crippen molar-refractivity contribution in [2.45, 2.75) is 17.2 Å². The van der Waals surface area contributed by atoms with E-state index >= 15 is 0 Å². The molecule has 0 spiro atoms. The first-order valence-corrected chi connectivity index (χ1v) is 9.76. The van der Waals surface area contributed by atoms with Crippen molar-refractivity contribution < 1.29 is 14.3 Å². The molecule has 0 aliphatic heterocycles. The number of pyridine rings is 1. The minimum atomic E-state index is -0.458. The third-order valence-corrected chi connectivity index (χ3v) is 5.09. The van der Waals surface area contributed by atoms with Crippen LogP contribution < -0.4 is 5.32 Å². The molecule has 0 unspecified atom stereocenters. The number of carbonyl (C=O) groups is 2. The summed E-state index contributed by atoms with van der Waals surface area (Å²) >= 11 is 1.39. The average molecular weight is 392 g/mol. The van der Waals surface area contributed by atoms with Gasteiger partial charge < -0.3 is 10.1 Å². The van der Waals surface area contributed by atoms with E-state index in [9.17, 15) is 9.59 Å². The Hall–Kier alpha value is -3.12. The van der Waals surface area contributed by atoms with E-state index in [0.717, 1.165) is 10.6 Å². The van der Waals surface area contributed by atoms with Crippen LogP contribution in [-0.2, 0) is 9.53 Å². The summed E-state index contributed by atoms with van der Waals surface area (Å²) in [6, 6.07) is 21.8. The molecular formula is C22H20N2O3S. The number of thioether (sulfide) groups is 1. The van der Waals surface area contributed by atoms with Crippen LogP contribution in [-0.4, -0.2) is 23.5 Å². The molecule has 0 radical (unpaired) electrons. The molecule has 1 aromatic heterocycles. The molecule has 5 nitrogen and oxygen atoms in total. The highest BCUT2D eigenvalue weighted by atomic mass is 32.2. The van der Waals surface area contributed by atoms with Crippen LogP contribution in [0.1, 0.15) is 28.1 Å². The number of hydrogen-bond acceptors (Lipinski definition) is 5. The highest BCUT2D eigenvalue weighted by Crippen LogP contribution is 2.35. The van der Waals surface area contributed by atoms with Gasteiger partial charge in [-0.25, -0.2) is 9.78 Å². The molecule has 0 aliphatic carbocycles. The van der Waals surface area contributed by atoms with Gasteiger partial charge in [-0.2, -0.15) is 0 Å². The van der Waals surface area contributed by atoms with E-state index < -0.39 is 5.25 Å². The van der Waals surface area contributed by atoms with Crippen molar-refractivity contribution in [3.05, 3.63) is 90.1 Å². The minimum Gasteiger partial charge on any atom is -0.462 e. The van der Waals surface area contributed by atoms with Crippen molar-refractivity contribution in [3.8, 4) is 0 Å². The molecule has 28 heavy (non-hydrogen) atoms. The van der Waals surface area contributed by atoms with E-state index in [-0.39, 0.29) is 11.9 Å². The predicted molar refractivity (Wildman–Crippen MR) is 110 cm³/mol. The van der Waals surface area contributed by atoms with Gasteiger partial charge in [-0.05, 0) is 48.9 Å². The van der Waals surface area contributed by atoms with Gasteiger partial charge in [0.25, 0.3) is 0 Å². The summed E-state index contributed by atoms with van der Waals surface area (Å²) in [4.78, 5) is 29.1. The normalized spacial score (nSPS) is 11.5. The number of anilines is 1. The third-order valence-electron chi connectivity index (χ3n) is 3.88. The maximum atomic E-state index is 13.0.